The number of fused-ring (bicyclic) bond motifs is 1. The highest BCUT2D eigenvalue weighted by molar-refractivity contribution is 9.10. The van der Waals surface area contributed by atoms with Gasteiger partial charge in [0.05, 0.1) is 10.2 Å². The molecule has 2 aromatic rings. The van der Waals surface area contributed by atoms with E-state index in [2.05, 4.69) is 20.9 Å². The van der Waals surface area contributed by atoms with Gasteiger partial charge in [-0.15, -0.1) is 0 Å². The van der Waals surface area contributed by atoms with Crippen molar-refractivity contribution < 1.29 is 0 Å². The molecule has 0 aliphatic carbocycles. The van der Waals surface area contributed by atoms with Crippen LogP contribution in [-0.4, -0.2) is 9.38 Å². The average molecular weight is 281 g/mol. The lowest BCUT2D eigenvalue weighted by molar-refractivity contribution is 0.567. The number of hydrogen-bond acceptors (Lipinski definition) is 2. The fourth-order valence-electron chi connectivity index (χ4n) is 1.48. The summed E-state index contributed by atoms with van der Waals surface area (Å²) in [5.41, 5.74) is 1.31. The molecule has 0 spiro atoms. The molecule has 84 valence electrons. The van der Waals surface area contributed by atoms with Crippen molar-refractivity contribution in [3.63, 3.8) is 0 Å². The summed E-state index contributed by atoms with van der Waals surface area (Å²) in [7, 11) is 0. The van der Waals surface area contributed by atoms with Crippen molar-refractivity contribution in [1.29, 1.82) is 0 Å². The Kier molecular flexibility index (Phi) is 2.62. The van der Waals surface area contributed by atoms with Crippen LogP contribution in [0.15, 0.2) is 33.7 Å². The average Bonchev–Trinajstić information content (AvgIpc) is 2.18. The van der Waals surface area contributed by atoms with Crippen LogP contribution in [0.25, 0.3) is 5.65 Å². The van der Waals surface area contributed by atoms with Crippen LogP contribution in [0.1, 0.15) is 26.5 Å². The van der Waals surface area contributed by atoms with Crippen LogP contribution in [0.3, 0.4) is 0 Å². The summed E-state index contributed by atoms with van der Waals surface area (Å²) in [4.78, 5) is 16.4. The minimum Gasteiger partial charge on any atom is -0.269 e. The van der Waals surface area contributed by atoms with Gasteiger partial charge in [-0.25, -0.2) is 4.98 Å². The minimum absolute atomic E-state index is 0.0452. The second-order valence-electron chi connectivity index (χ2n) is 4.78. The van der Waals surface area contributed by atoms with Gasteiger partial charge in [0.25, 0.3) is 5.56 Å². The first-order valence-electron chi connectivity index (χ1n) is 5.08. The third-order valence-electron chi connectivity index (χ3n) is 2.41. The van der Waals surface area contributed by atoms with E-state index in [1.54, 1.807) is 16.7 Å². The van der Waals surface area contributed by atoms with Crippen molar-refractivity contribution in [2.24, 2.45) is 0 Å². The first kappa shape index (κ1) is 11.3. The Morgan fingerprint density at radius 3 is 2.69 bits per heavy atom. The number of rotatable bonds is 0. The summed E-state index contributed by atoms with van der Waals surface area (Å²) in [6, 6.07) is 5.30. The lowest BCUT2D eigenvalue weighted by Gasteiger charge is -2.17. The maximum atomic E-state index is 11.9. The lowest BCUT2D eigenvalue weighted by atomic mass is 9.92. The SMILES string of the molecule is CC(C)(C)c1cc(=O)n2cccc(Br)c2n1. The molecule has 16 heavy (non-hydrogen) atoms. The predicted octanol–water partition coefficient (Wildman–Crippen LogP) is 2.75. The summed E-state index contributed by atoms with van der Waals surface area (Å²) >= 11 is 3.41. The topological polar surface area (TPSA) is 34.4 Å². The normalized spacial score (nSPS) is 12.0. The minimum atomic E-state index is -0.122. The Balaban J connectivity index is 2.86. The Labute approximate surface area is 102 Å². The predicted molar refractivity (Wildman–Crippen MR) is 67.9 cm³/mol. The van der Waals surface area contributed by atoms with E-state index in [9.17, 15) is 4.79 Å². The van der Waals surface area contributed by atoms with Gasteiger partial charge in [-0.2, -0.15) is 0 Å². The van der Waals surface area contributed by atoms with Gasteiger partial charge in [-0.05, 0) is 28.1 Å². The van der Waals surface area contributed by atoms with E-state index in [1.807, 2.05) is 32.9 Å². The molecule has 0 aliphatic heterocycles. The van der Waals surface area contributed by atoms with Crippen molar-refractivity contribution in [1.82, 2.24) is 9.38 Å². The molecule has 0 saturated heterocycles. The molecule has 0 aliphatic rings. The Morgan fingerprint density at radius 1 is 1.38 bits per heavy atom. The molecule has 0 saturated carbocycles. The zero-order valence-electron chi connectivity index (χ0n) is 9.49. The van der Waals surface area contributed by atoms with Crippen LogP contribution < -0.4 is 5.56 Å². The van der Waals surface area contributed by atoms with Crippen molar-refractivity contribution in [2.75, 3.05) is 0 Å². The highest BCUT2D eigenvalue weighted by Gasteiger charge is 2.17. The summed E-state index contributed by atoms with van der Waals surface area (Å²) < 4.78 is 2.37. The molecule has 0 unspecified atom stereocenters. The standard InChI is InChI=1S/C12H13BrN2O/c1-12(2,3)9-7-10(16)15-6-4-5-8(13)11(15)14-9/h4-7H,1-3H3. The summed E-state index contributed by atoms with van der Waals surface area (Å²) in [6.45, 7) is 6.13. The Bertz CT molecular complexity index is 596. The highest BCUT2D eigenvalue weighted by atomic mass is 79.9. The van der Waals surface area contributed by atoms with E-state index in [1.165, 1.54) is 0 Å². The van der Waals surface area contributed by atoms with Crippen LogP contribution >= 0.6 is 15.9 Å². The number of pyridine rings is 1. The van der Waals surface area contributed by atoms with Gasteiger partial charge in [0.1, 0.15) is 0 Å². The van der Waals surface area contributed by atoms with E-state index in [-0.39, 0.29) is 11.0 Å². The van der Waals surface area contributed by atoms with Crippen molar-refractivity contribution >= 4 is 21.6 Å². The van der Waals surface area contributed by atoms with Crippen molar-refractivity contribution in [3.05, 3.63) is 44.9 Å². The quantitative estimate of drug-likeness (QED) is 0.744. The molecule has 0 radical (unpaired) electrons. The fourth-order valence-corrected chi connectivity index (χ4v) is 1.91. The van der Waals surface area contributed by atoms with Crippen LogP contribution in [-0.2, 0) is 5.41 Å². The van der Waals surface area contributed by atoms with Crippen LogP contribution in [0.2, 0.25) is 0 Å². The fraction of sp³-hybridized carbons (Fsp3) is 0.333. The van der Waals surface area contributed by atoms with Gasteiger partial charge in [-0.3, -0.25) is 9.20 Å². The first-order valence-corrected chi connectivity index (χ1v) is 5.87. The van der Waals surface area contributed by atoms with Crippen molar-refractivity contribution in [3.8, 4) is 0 Å². The molecular weight excluding hydrogens is 268 g/mol. The maximum Gasteiger partial charge on any atom is 0.258 e. The zero-order chi connectivity index (χ0) is 11.9. The largest absolute Gasteiger partial charge is 0.269 e. The van der Waals surface area contributed by atoms with Gasteiger partial charge >= 0.3 is 0 Å². The molecule has 0 amide bonds. The van der Waals surface area contributed by atoms with Crippen LogP contribution in [0.5, 0.6) is 0 Å². The van der Waals surface area contributed by atoms with E-state index < -0.39 is 0 Å². The molecule has 2 heterocycles. The van der Waals surface area contributed by atoms with Gasteiger partial charge in [0.15, 0.2) is 5.65 Å². The van der Waals surface area contributed by atoms with Crippen LogP contribution in [0.4, 0.5) is 0 Å². The summed E-state index contributed by atoms with van der Waals surface area (Å²) in [5.74, 6) is 0. The third-order valence-corrected chi connectivity index (χ3v) is 3.03. The zero-order valence-corrected chi connectivity index (χ0v) is 11.1. The molecule has 0 bridgehead atoms. The van der Waals surface area contributed by atoms with Gasteiger partial charge in [0, 0.05) is 17.7 Å². The molecule has 3 nitrogen and oxygen atoms in total. The van der Waals surface area contributed by atoms with Crippen molar-refractivity contribution in [2.45, 2.75) is 26.2 Å². The maximum absolute atomic E-state index is 11.9. The smallest absolute Gasteiger partial charge is 0.258 e. The number of aromatic nitrogens is 2. The molecule has 0 fully saturated rings. The van der Waals surface area contributed by atoms with E-state index in [0.717, 1.165) is 10.2 Å². The van der Waals surface area contributed by atoms with Gasteiger partial charge in [0.2, 0.25) is 0 Å². The molecule has 0 atom stereocenters. The monoisotopic (exact) mass is 280 g/mol. The molecular formula is C12H13BrN2O. The van der Waals surface area contributed by atoms with E-state index in [4.69, 9.17) is 0 Å². The highest BCUT2D eigenvalue weighted by Crippen LogP contribution is 2.21. The molecule has 2 rings (SSSR count). The Hall–Kier alpha value is -1.16. The number of hydrogen-bond donors (Lipinski definition) is 0. The summed E-state index contributed by atoms with van der Waals surface area (Å²) in [6.07, 6.45) is 1.72. The molecule has 4 heteroatoms. The van der Waals surface area contributed by atoms with Gasteiger partial charge < -0.3 is 0 Å². The van der Waals surface area contributed by atoms with E-state index >= 15 is 0 Å². The Morgan fingerprint density at radius 2 is 2.06 bits per heavy atom. The van der Waals surface area contributed by atoms with Gasteiger partial charge in [-0.1, -0.05) is 20.8 Å². The second kappa shape index (κ2) is 3.70. The number of halogens is 1. The number of nitrogens with zero attached hydrogens (tertiary/aromatic N) is 2. The summed E-state index contributed by atoms with van der Waals surface area (Å²) in [5, 5.41) is 0. The van der Waals surface area contributed by atoms with E-state index in [0.29, 0.717) is 5.65 Å². The molecule has 0 aromatic carbocycles. The second-order valence-corrected chi connectivity index (χ2v) is 5.63. The molecule has 0 N–H and O–H groups in total. The first-order chi connectivity index (χ1) is 7.39. The molecule has 2 aromatic heterocycles. The lowest BCUT2D eigenvalue weighted by Crippen LogP contribution is -2.22. The third kappa shape index (κ3) is 1.89. The van der Waals surface area contributed by atoms with Crippen LogP contribution in [0, 0.1) is 0 Å².